The molecule has 0 saturated heterocycles. The van der Waals surface area contributed by atoms with Crippen LogP contribution < -0.4 is 0 Å². The molecule has 1 saturated carbocycles. The quantitative estimate of drug-likeness (QED) is 0.724. The van der Waals surface area contributed by atoms with Crippen molar-refractivity contribution in [3.8, 4) is 0 Å². The van der Waals surface area contributed by atoms with E-state index < -0.39 is 23.8 Å². The monoisotopic (exact) mass is 214 g/mol. The van der Waals surface area contributed by atoms with Gasteiger partial charge in [0.2, 0.25) is 0 Å². The Morgan fingerprint density at radius 3 is 1.93 bits per heavy atom. The number of hydrogen-bond donors (Lipinski definition) is 2. The summed E-state index contributed by atoms with van der Waals surface area (Å²) in [4.78, 5) is 32.8. The molecule has 1 rings (SSSR count). The van der Waals surface area contributed by atoms with E-state index in [2.05, 4.69) is 0 Å². The predicted molar refractivity (Wildman–Crippen MR) is 50.3 cm³/mol. The van der Waals surface area contributed by atoms with Gasteiger partial charge in [0.25, 0.3) is 0 Å². The maximum atomic E-state index is 11.1. The van der Waals surface area contributed by atoms with Crippen LogP contribution in [0.3, 0.4) is 0 Å². The van der Waals surface area contributed by atoms with E-state index in [9.17, 15) is 14.4 Å². The van der Waals surface area contributed by atoms with Crippen molar-refractivity contribution in [2.45, 2.75) is 26.2 Å². The van der Waals surface area contributed by atoms with E-state index in [0.717, 1.165) is 0 Å². The first-order valence-electron chi connectivity index (χ1n) is 4.89. The molecule has 2 N–H and O–H groups in total. The Labute approximate surface area is 87.1 Å². The van der Waals surface area contributed by atoms with Crippen molar-refractivity contribution in [3.05, 3.63) is 0 Å². The fourth-order valence-corrected chi connectivity index (χ4v) is 2.11. The van der Waals surface area contributed by atoms with Gasteiger partial charge in [-0.2, -0.15) is 0 Å². The highest BCUT2D eigenvalue weighted by Gasteiger charge is 2.40. The molecule has 1 aliphatic rings. The average molecular weight is 214 g/mol. The molecule has 84 valence electrons. The van der Waals surface area contributed by atoms with E-state index in [-0.39, 0.29) is 24.5 Å². The molecule has 5 heteroatoms. The lowest BCUT2D eigenvalue weighted by atomic mass is 9.73. The lowest BCUT2D eigenvalue weighted by Gasteiger charge is -2.29. The molecule has 3 atom stereocenters. The minimum absolute atomic E-state index is 0.0508. The molecular formula is C10H14O5. The summed E-state index contributed by atoms with van der Waals surface area (Å²) in [5.74, 6) is -4.31. The molecule has 0 aliphatic heterocycles. The molecule has 0 bridgehead atoms. The second-order valence-corrected chi connectivity index (χ2v) is 4.01. The third-order valence-corrected chi connectivity index (χ3v) is 3.06. The van der Waals surface area contributed by atoms with Gasteiger partial charge in [-0.1, -0.05) is 0 Å². The molecular weight excluding hydrogens is 200 g/mol. The number of ketones is 1. The van der Waals surface area contributed by atoms with E-state index >= 15 is 0 Å². The standard InChI is InChI=1S/C10H14O5/c1-5(11)6-2-3-7(9(12)13)8(4-6)10(14)15/h6-8H,2-4H2,1H3,(H,12,13)(H,14,15). The van der Waals surface area contributed by atoms with Crippen molar-refractivity contribution in [2.75, 3.05) is 0 Å². The van der Waals surface area contributed by atoms with Crippen LogP contribution in [0, 0.1) is 17.8 Å². The van der Waals surface area contributed by atoms with E-state index in [1.807, 2.05) is 0 Å². The number of Topliss-reactive ketones (excluding diaryl/α,β-unsaturated/α-hetero) is 1. The molecule has 0 spiro atoms. The van der Waals surface area contributed by atoms with Crippen LogP contribution in [0.1, 0.15) is 26.2 Å². The molecule has 1 fully saturated rings. The van der Waals surface area contributed by atoms with Gasteiger partial charge < -0.3 is 10.2 Å². The molecule has 5 nitrogen and oxygen atoms in total. The summed E-state index contributed by atoms with van der Waals surface area (Å²) in [5, 5.41) is 17.7. The van der Waals surface area contributed by atoms with Gasteiger partial charge in [-0.25, -0.2) is 0 Å². The SMILES string of the molecule is CC(=O)C1CCC(C(=O)O)C(C(=O)O)C1. The fourth-order valence-electron chi connectivity index (χ4n) is 2.11. The molecule has 0 heterocycles. The molecule has 15 heavy (non-hydrogen) atoms. The highest BCUT2D eigenvalue weighted by Crippen LogP contribution is 2.34. The van der Waals surface area contributed by atoms with Crippen molar-refractivity contribution in [2.24, 2.45) is 17.8 Å². The Hall–Kier alpha value is -1.39. The Bertz CT molecular complexity index is 296. The van der Waals surface area contributed by atoms with Crippen LogP contribution in [0.25, 0.3) is 0 Å². The number of carbonyl (C=O) groups is 3. The first-order chi connectivity index (χ1) is 6.93. The van der Waals surface area contributed by atoms with Crippen LogP contribution in [0.15, 0.2) is 0 Å². The summed E-state index contributed by atoms with van der Waals surface area (Å²) in [7, 11) is 0. The summed E-state index contributed by atoms with van der Waals surface area (Å²) in [6.07, 6.45) is 0.911. The van der Waals surface area contributed by atoms with E-state index in [0.29, 0.717) is 6.42 Å². The van der Waals surface area contributed by atoms with Gasteiger partial charge in [-0.3, -0.25) is 14.4 Å². The first-order valence-corrected chi connectivity index (χ1v) is 4.89. The molecule has 0 amide bonds. The van der Waals surface area contributed by atoms with Gasteiger partial charge in [0.15, 0.2) is 0 Å². The normalized spacial score (nSPS) is 30.9. The zero-order chi connectivity index (χ0) is 11.6. The summed E-state index contributed by atoms with van der Waals surface area (Å²) in [6, 6.07) is 0. The van der Waals surface area contributed by atoms with Crippen LogP contribution in [-0.4, -0.2) is 27.9 Å². The van der Waals surface area contributed by atoms with Crippen LogP contribution >= 0.6 is 0 Å². The minimum atomic E-state index is -1.12. The highest BCUT2D eigenvalue weighted by atomic mass is 16.4. The van der Waals surface area contributed by atoms with Gasteiger partial charge in [0.05, 0.1) is 11.8 Å². The van der Waals surface area contributed by atoms with Gasteiger partial charge >= 0.3 is 11.9 Å². The topological polar surface area (TPSA) is 91.7 Å². The number of hydrogen-bond acceptors (Lipinski definition) is 3. The third kappa shape index (κ3) is 2.55. The smallest absolute Gasteiger partial charge is 0.307 e. The van der Waals surface area contributed by atoms with Gasteiger partial charge in [0.1, 0.15) is 5.78 Å². The van der Waals surface area contributed by atoms with E-state index in [4.69, 9.17) is 10.2 Å². The first kappa shape index (κ1) is 11.7. The molecule has 1 aliphatic carbocycles. The Balaban J connectivity index is 2.78. The van der Waals surface area contributed by atoms with Crippen LogP contribution in [0.2, 0.25) is 0 Å². The molecule has 0 aromatic rings. The summed E-state index contributed by atoms with van der Waals surface area (Å²) >= 11 is 0. The number of aliphatic carboxylic acids is 2. The summed E-state index contributed by atoms with van der Waals surface area (Å²) < 4.78 is 0. The Morgan fingerprint density at radius 2 is 1.53 bits per heavy atom. The van der Waals surface area contributed by atoms with Crippen LogP contribution in [-0.2, 0) is 14.4 Å². The number of carboxylic acid groups (broad SMARTS) is 2. The number of carboxylic acids is 2. The fraction of sp³-hybridized carbons (Fsp3) is 0.700. The molecule has 0 aromatic heterocycles. The average Bonchev–Trinajstić information content (AvgIpc) is 2.16. The maximum Gasteiger partial charge on any atom is 0.307 e. The second kappa shape index (κ2) is 4.42. The number of rotatable bonds is 3. The minimum Gasteiger partial charge on any atom is -0.481 e. The van der Waals surface area contributed by atoms with Crippen molar-refractivity contribution in [1.82, 2.24) is 0 Å². The summed E-state index contributed by atoms with van der Waals surface area (Å²) in [6.45, 7) is 1.42. The molecule has 0 aromatic carbocycles. The molecule has 0 radical (unpaired) electrons. The maximum absolute atomic E-state index is 11.1. The molecule has 3 unspecified atom stereocenters. The second-order valence-electron chi connectivity index (χ2n) is 4.01. The van der Waals surface area contributed by atoms with E-state index in [1.54, 1.807) is 0 Å². The zero-order valence-corrected chi connectivity index (χ0v) is 8.47. The third-order valence-electron chi connectivity index (χ3n) is 3.06. The zero-order valence-electron chi connectivity index (χ0n) is 8.47. The largest absolute Gasteiger partial charge is 0.481 e. The van der Waals surface area contributed by atoms with Crippen molar-refractivity contribution < 1.29 is 24.6 Å². The van der Waals surface area contributed by atoms with E-state index in [1.165, 1.54) is 6.92 Å². The predicted octanol–water partition coefficient (Wildman–Crippen LogP) is 0.777. The van der Waals surface area contributed by atoms with Gasteiger partial charge in [-0.15, -0.1) is 0 Å². The highest BCUT2D eigenvalue weighted by molar-refractivity contribution is 5.83. The van der Waals surface area contributed by atoms with Gasteiger partial charge in [0, 0.05) is 5.92 Å². The number of carbonyl (C=O) groups excluding carboxylic acids is 1. The van der Waals surface area contributed by atoms with Crippen molar-refractivity contribution in [1.29, 1.82) is 0 Å². The lowest BCUT2D eigenvalue weighted by Crippen LogP contribution is -2.37. The van der Waals surface area contributed by atoms with Crippen LogP contribution in [0.4, 0.5) is 0 Å². The Kier molecular flexibility index (Phi) is 3.44. The summed E-state index contributed by atoms with van der Waals surface area (Å²) in [5.41, 5.74) is 0. The Morgan fingerprint density at radius 1 is 1.00 bits per heavy atom. The lowest BCUT2D eigenvalue weighted by molar-refractivity contribution is -0.157. The van der Waals surface area contributed by atoms with Crippen molar-refractivity contribution >= 4 is 17.7 Å². The van der Waals surface area contributed by atoms with Gasteiger partial charge in [-0.05, 0) is 26.2 Å². The van der Waals surface area contributed by atoms with Crippen molar-refractivity contribution in [3.63, 3.8) is 0 Å². The van der Waals surface area contributed by atoms with Crippen LogP contribution in [0.5, 0.6) is 0 Å².